The Balaban J connectivity index is 0.00000225. The van der Waals surface area contributed by atoms with Gasteiger partial charge in [0.2, 0.25) is 5.91 Å². The van der Waals surface area contributed by atoms with Crippen LogP contribution in [0.2, 0.25) is 0 Å². The average molecular weight is 249 g/mol. The standard InChI is InChI=1S/C12H24N2O.ClH/c1-10(2)8-11-4-3-7-14(9-11)12(15)5-6-13;/h10-11H,3-9,13H2,1-2H3;1H. The number of nitrogens with zero attached hydrogens (tertiary/aromatic N) is 1. The van der Waals surface area contributed by atoms with E-state index in [4.69, 9.17) is 5.73 Å². The fourth-order valence-electron chi connectivity index (χ4n) is 2.43. The van der Waals surface area contributed by atoms with E-state index in [0.29, 0.717) is 18.9 Å². The van der Waals surface area contributed by atoms with Gasteiger partial charge in [0.25, 0.3) is 0 Å². The molecule has 0 aromatic heterocycles. The summed E-state index contributed by atoms with van der Waals surface area (Å²) < 4.78 is 0. The third kappa shape index (κ3) is 5.17. The van der Waals surface area contributed by atoms with E-state index in [1.807, 2.05) is 4.90 Å². The lowest BCUT2D eigenvalue weighted by molar-refractivity contribution is -0.132. The predicted molar refractivity (Wildman–Crippen MR) is 69.7 cm³/mol. The van der Waals surface area contributed by atoms with Gasteiger partial charge in [-0.1, -0.05) is 13.8 Å². The maximum atomic E-state index is 11.7. The molecular formula is C12H25ClN2O. The van der Waals surface area contributed by atoms with Crippen molar-refractivity contribution < 1.29 is 4.79 Å². The Labute approximate surface area is 105 Å². The van der Waals surface area contributed by atoms with E-state index in [2.05, 4.69) is 13.8 Å². The van der Waals surface area contributed by atoms with Crippen molar-refractivity contribution in [2.24, 2.45) is 17.6 Å². The van der Waals surface area contributed by atoms with Crippen molar-refractivity contribution in [2.45, 2.75) is 39.5 Å². The largest absolute Gasteiger partial charge is 0.342 e. The van der Waals surface area contributed by atoms with Gasteiger partial charge in [0.05, 0.1) is 0 Å². The monoisotopic (exact) mass is 248 g/mol. The van der Waals surface area contributed by atoms with E-state index in [1.54, 1.807) is 0 Å². The normalized spacial score (nSPS) is 20.8. The van der Waals surface area contributed by atoms with Crippen LogP contribution in [0.1, 0.15) is 39.5 Å². The number of nitrogens with two attached hydrogens (primary N) is 1. The van der Waals surface area contributed by atoms with Crippen molar-refractivity contribution in [1.82, 2.24) is 4.90 Å². The Morgan fingerprint density at radius 1 is 1.50 bits per heavy atom. The molecule has 1 atom stereocenters. The second-order valence-electron chi connectivity index (χ2n) is 5.02. The number of rotatable bonds is 4. The molecule has 1 fully saturated rings. The second-order valence-corrected chi connectivity index (χ2v) is 5.02. The SMILES string of the molecule is CC(C)CC1CCCN(C(=O)CCN)C1.Cl. The first-order chi connectivity index (χ1) is 7.13. The number of hydrogen-bond acceptors (Lipinski definition) is 2. The van der Waals surface area contributed by atoms with Crippen molar-refractivity contribution in [1.29, 1.82) is 0 Å². The van der Waals surface area contributed by atoms with Crippen molar-refractivity contribution in [2.75, 3.05) is 19.6 Å². The van der Waals surface area contributed by atoms with E-state index >= 15 is 0 Å². The molecule has 0 saturated carbocycles. The second kappa shape index (κ2) is 7.91. The van der Waals surface area contributed by atoms with Gasteiger partial charge in [-0.3, -0.25) is 4.79 Å². The van der Waals surface area contributed by atoms with E-state index in [9.17, 15) is 4.79 Å². The number of halogens is 1. The van der Waals surface area contributed by atoms with Gasteiger partial charge < -0.3 is 10.6 Å². The number of carbonyl (C=O) groups is 1. The number of amides is 1. The van der Waals surface area contributed by atoms with Crippen molar-refractivity contribution >= 4 is 18.3 Å². The molecule has 1 aliphatic heterocycles. The van der Waals surface area contributed by atoms with E-state index in [1.165, 1.54) is 12.8 Å². The lowest BCUT2D eigenvalue weighted by Gasteiger charge is -2.33. The van der Waals surface area contributed by atoms with E-state index in [-0.39, 0.29) is 18.3 Å². The molecule has 96 valence electrons. The molecule has 4 heteroatoms. The minimum absolute atomic E-state index is 0. The summed E-state index contributed by atoms with van der Waals surface area (Å²) in [6, 6.07) is 0. The quantitative estimate of drug-likeness (QED) is 0.828. The zero-order valence-electron chi connectivity index (χ0n) is 10.4. The van der Waals surface area contributed by atoms with E-state index in [0.717, 1.165) is 25.4 Å². The summed E-state index contributed by atoms with van der Waals surface area (Å²) in [7, 11) is 0. The molecule has 0 spiro atoms. The van der Waals surface area contributed by atoms with Crippen molar-refractivity contribution in [3.05, 3.63) is 0 Å². The molecule has 3 nitrogen and oxygen atoms in total. The van der Waals surface area contributed by atoms with Crippen LogP contribution in [0.25, 0.3) is 0 Å². The summed E-state index contributed by atoms with van der Waals surface area (Å²) in [4.78, 5) is 13.7. The van der Waals surface area contributed by atoms with Crippen molar-refractivity contribution in [3.63, 3.8) is 0 Å². The summed E-state index contributed by atoms with van der Waals surface area (Å²) in [5.74, 6) is 1.69. The maximum Gasteiger partial charge on any atom is 0.223 e. The van der Waals surface area contributed by atoms with Crippen LogP contribution in [0.15, 0.2) is 0 Å². The van der Waals surface area contributed by atoms with Crippen LogP contribution in [0.3, 0.4) is 0 Å². The molecule has 1 heterocycles. The Bertz CT molecular complexity index is 209. The zero-order valence-corrected chi connectivity index (χ0v) is 11.3. The molecule has 2 N–H and O–H groups in total. The maximum absolute atomic E-state index is 11.7. The van der Waals surface area contributed by atoms with Crippen molar-refractivity contribution in [3.8, 4) is 0 Å². The Morgan fingerprint density at radius 3 is 2.75 bits per heavy atom. The van der Waals surface area contributed by atoms with Crippen LogP contribution in [0, 0.1) is 11.8 Å². The Kier molecular flexibility index (Phi) is 7.77. The topological polar surface area (TPSA) is 46.3 Å². The Morgan fingerprint density at radius 2 is 2.19 bits per heavy atom. The summed E-state index contributed by atoms with van der Waals surface area (Å²) in [5, 5.41) is 0. The highest BCUT2D eigenvalue weighted by Crippen LogP contribution is 2.23. The number of hydrogen-bond donors (Lipinski definition) is 1. The average Bonchev–Trinajstić information content (AvgIpc) is 2.17. The molecule has 16 heavy (non-hydrogen) atoms. The molecule has 0 radical (unpaired) electrons. The first-order valence-electron chi connectivity index (χ1n) is 6.11. The number of likely N-dealkylation sites (tertiary alicyclic amines) is 1. The molecule has 1 aliphatic rings. The van der Waals surface area contributed by atoms with Gasteiger partial charge in [-0.25, -0.2) is 0 Å². The van der Waals surface area contributed by atoms with Gasteiger partial charge in [0.15, 0.2) is 0 Å². The van der Waals surface area contributed by atoms with Crippen LogP contribution < -0.4 is 5.73 Å². The smallest absolute Gasteiger partial charge is 0.223 e. The molecule has 1 saturated heterocycles. The van der Waals surface area contributed by atoms with Gasteiger partial charge in [-0.2, -0.15) is 0 Å². The van der Waals surface area contributed by atoms with Crippen LogP contribution >= 0.6 is 12.4 Å². The summed E-state index contributed by atoms with van der Waals surface area (Å²) in [6.07, 6.45) is 4.19. The van der Waals surface area contributed by atoms with Gasteiger partial charge in [0.1, 0.15) is 0 Å². The Hall–Kier alpha value is -0.280. The van der Waals surface area contributed by atoms with Gasteiger partial charge >= 0.3 is 0 Å². The van der Waals surface area contributed by atoms with Gasteiger partial charge in [-0.05, 0) is 31.1 Å². The van der Waals surface area contributed by atoms with Crippen LogP contribution in [-0.2, 0) is 4.79 Å². The summed E-state index contributed by atoms with van der Waals surface area (Å²) >= 11 is 0. The molecule has 1 amide bonds. The molecule has 1 rings (SSSR count). The summed E-state index contributed by atoms with van der Waals surface area (Å²) in [5.41, 5.74) is 5.40. The molecule has 0 aromatic rings. The van der Waals surface area contributed by atoms with Gasteiger partial charge in [0, 0.05) is 26.1 Å². The molecular weight excluding hydrogens is 224 g/mol. The molecule has 1 unspecified atom stereocenters. The summed E-state index contributed by atoms with van der Waals surface area (Å²) in [6.45, 7) is 6.87. The molecule has 0 bridgehead atoms. The zero-order chi connectivity index (χ0) is 11.3. The predicted octanol–water partition coefficient (Wildman–Crippen LogP) is 2.04. The first-order valence-corrected chi connectivity index (χ1v) is 6.11. The third-order valence-electron chi connectivity index (χ3n) is 3.03. The molecule has 0 aliphatic carbocycles. The fraction of sp³-hybridized carbons (Fsp3) is 0.917. The fourth-order valence-corrected chi connectivity index (χ4v) is 2.43. The first kappa shape index (κ1) is 15.7. The highest BCUT2D eigenvalue weighted by molar-refractivity contribution is 5.85. The van der Waals surface area contributed by atoms with Crippen LogP contribution in [0.5, 0.6) is 0 Å². The molecule has 0 aromatic carbocycles. The van der Waals surface area contributed by atoms with Crippen LogP contribution in [-0.4, -0.2) is 30.4 Å². The number of piperidine rings is 1. The van der Waals surface area contributed by atoms with Crippen LogP contribution in [0.4, 0.5) is 0 Å². The minimum atomic E-state index is 0. The minimum Gasteiger partial charge on any atom is -0.342 e. The van der Waals surface area contributed by atoms with E-state index < -0.39 is 0 Å². The lowest BCUT2D eigenvalue weighted by atomic mass is 9.89. The third-order valence-corrected chi connectivity index (χ3v) is 3.03. The highest BCUT2D eigenvalue weighted by Gasteiger charge is 2.23. The highest BCUT2D eigenvalue weighted by atomic mass is 35.5. The lowest BCUT2D eigenvalue weighted by Crippen LogP contribution is -2.40. The number of carbonyl (C=O) groups excluding carboxylic acids is 1. The van der Waals surface area contributed by atoms with Gasteiger partial charge in [-0.15, -0.1) is 12.4 Å².